The zero-order valence-corrected chi connectivity index (χ0v) is 13.4. The lowest BCUT2D eigenvalue weighted by Crippen LogP contribution is -2.17. The van der Waals surface area contributed by atoms with Crippen molar-refractivity contribution in [3.63, 3.8) is 0 Å². The van der Waals surface area contributed by atoms with Crippen LogP contribution in [0, 0.1) is 5.82 Å². The monoisotopic (exact) mass is 366 g/mol. The molecule has 0 fully saturated rings. The number of anilines is 1. The van der Waals surface area contributed by atoms with E-state index in [1.165, 1.54) is 18.2 Å². The first-order chi connectivity index (χ1) is 11.4. The van der Waals surface area contributed by atoms with E-state index < -0.39 is 17.6 Å². The summed E-state index contributed by atoms with van der Waals surface area (Å²) in [5.41, 5.74) is 5.80. The molecule has 2 aromatic carbocycles. The molecule has 8 heteroatoms. The lowest BCUT2D eigenvalue weighted by atomic mass is 10.1. The number of benzene rings is 2. The van der Waals surface area contributed by atoms with Gasteiger partial charge in [-0.3, -0.25) is 9.59 Å². The molecule has 122 valence electrons. The van der Waals surface area contributed by atoms with Crippen LogP contribution in [-0.4, -0.2) is 11.8 Å². The van der Waals surface area contributed by atoms with Crippen molar-refractivity contribution in [2.45, 2.75) is 0 Å². The molecule has 3 aromatic rings. The predicted molar refractivity (Wildman–Crippen MR) is 89.1 cm³/mol. The van der Waals surface area contributed by atoms with Gasteiger partial charge in [0, 0.05) is 22.0 Å². The van der Waals surface area contributed by atoms with E-state index in [-0.39, 0.29) is 22.0 Å². The molecule has 2 amide bonds. The molecule has 24 heavy (non-hydrogen) atoms. The maximum Gasteiger partial charge on any atom is 0.286 e. The molecule has 1 heterocycles. The summed E-state index contributed by atoms with van der Waals surface area (Å²) in [5, 5.41) is 3.20. The molecule has 0 radical (unpaired) electrons. The number of amides is 2. The summed E-state index contributed by atoms with van der Waals surface area (Å²) in [7, 11) is 0. The average Bonchev–Trinajstić information content (AvgIpc) is 2.88. The summed E-state index contributed by atoms with van der Waals surface area (Å²) in [6, 6.07) is 8.16. The van der Waals surface area contributed by atoms with Gasteiger partial charge in [0.1, 0.15) is 17.1 Å². The van der Waals surface area contributed by atoms with Gasteiger partial charge in [-0.2, -0.15) is 0 Å². The van der Waals surface area contributed by atoms with Gasteiger partial charge >= 0.3 is 0 Å². The number of carbonyl (C=O) groups excluding carboxylic acids is 2. The summed E-state index contributed by atoms with van der Waals surface area (Å²) < 4.78 is 18.6. The lowest BCUT2D eigenvalue weighted by Gasteiger charge is -2.06. The minimum atomic E-state index is -0.852. The molecule has 0 spiro atoms. The van der Waals surface area contributed by atoms with Crippen LogP contribution in [-0.2, 0) is 0 Å². The van der Waals surface area contributed by atoms with Gasteiger partial charge in [-0.1, -0.05) is 23.2 Å². The van der Waals surface area contributed by atoms with Crippen LogP contribution in [0.3, 0.4) is 0 Å². The van der Waals surface area contributed by atoms with Crippen molar-refractivity contribution in [1.29, 1.82) is 0 Å². The van der Waals surface area contributed by atoms with Crippen LogP contribution in [0.25, 0.3) is 11.0 Å². The fourth-order valence-corrected chi connectivity index (χ4v) is 2.53. The van der Waals surface area contributed by atoms with Crippen molar-refractivity contribution in [1.82, 2.24) is 0 Å². The molecule has 3 N–H and O–H groups in total. The van der Waals surface area contributed by atoms with E-state index in [4.69, 9.17) is 33.4 Å². The fourth-order valence-electron chi connectivity index (χ4n) is 2.19. The molecule has 0 aliphatic carbocycles. The first-order valence-corrected chi connectivity index (χ1v) is 7.40. The number of rotatable bonds is 3. The third-order valence-corrected chi connectivity index (χ3v) is 3.82. The molecule has 3 rings (SSSR count). The maximum absolute atomic E-state index is 13.2. The van der Waals surface area contributed by atoms with Gasteiger partial charge in [0.05, 0.1) is 5.02 Å². The second-order valence-corrected chi connectivity index (χ2v) is 5.74. The molecule has 0 saturated heterocycles. The lowest BCUT2D eigenvalue weighted by molar-refractivity contribution is 0.0977. The second-order valence-electron chi connectivity index (χ2n) is 4.89. The molecule has 0 bridgehead atoms. The van der Waals surface area contributed by atoms with E-state index in [1.807, 2.05) is 0 Å². The van der Waals surface area contributed by atoms with Crippen molar-refractivity contribution in [2.75, 3.05) is 5.32 Å². The molecule has 0 unspecified atom stereocenters. The molecule has 0 atom stereocenters. The zero-order chi connectivity index (χ0) is 17.4. The Kier molecular flexibility index (Phi) is 4.17. The Balaban J connectivity index is 2.05. The van der Waals surface area contributed by atoms with Crippen LogP contribution in [0.2, 0.25) is 10.0 Å². The maximum atomic E-state index is 13.2. The quantitative estimate of drug-likeness (QED) is 0.727. The molecule has 0 saturated carbocycles. The standard InChI is InChI=1S/C16H9Cl2FN2O3/c17-8-2-3-9-12(6-8)24-14(15(20)22)13(9)21-16(23)7-1-4-11(19)10(18)5-7/h1-6H,(H2,20,22)(H,21,23). The highest BCUT2D eigenvalue weighted by molar-refractivity contribution is 6.32. The van der Waals surface area contributed by atoms with E-state index in [1.54, 1.807) is 12.1 Å². The van der Waals surface area contributed by atoms with Crippen molar-refractivity contribution in [3.05, 3.63) is 63.6 Å². The Bertz CT molecular complexity index is 985. The number of hydrogen-bond acceptors (Lipinski definition) is 3. The minimum absolute atomic E-state index is 0.111. The predicted octanol–water partition coefficient (Wildman–Crippen LogP) is 4.23. The van der Waals surface area contributed by atoms with E-state index >= 15 is 0 Å². The SMILES string of the molecule is NC(=O)c1oc2cc(Cl)ccc2c1NC(=O)c1ccc(F)c(Cl)c1. The molecular weight excluding hydrogens is 358 g/mol. The van der Waals surface area contributed by atoms with Gasteiger partial charge in [0.25, 0.3) is 11.8 Å². The van der Waals surface area contributed by atoms with Crippen LogP contribution in [0.4, 0.5) is 10.1 Å². The van der Waals surface area contributed by atoms with Crippen molar-refractivity contribution >= 4 is 51.7 Å². The fraction of sp³-hybridized carbons (Fsp3) is 0. The third-order valence-electron chi connectivity index (χ3n) is 3.30. The van der Waals surface area contributed by atoms with Gasteiger partial charge in [0.2, 0.25) is 5.76 Å². The van der Waals surface area contributed by atoms with Crippen molar-refractivity contribution < 1.29 is 18.4 Å². The summed E-state index contributed by atoms with van der Waals surface area (Å²) in [6.07, 6.45) is 0. The summed E-state index contributed by atoms with van der Waals surface area (Å²) >= 11 is 11.6. The van der Waals surface area contributed by atoms with E-state index in [0.29, 0.717) is 16.0 Å². The van der Waals surface area contributed by atoms with Crippen LogP contribution < -0.4 is 11.1 Å². The third kappa shape index (κ3) is 2.93. The van der Waals surface area contributed by atoms with Gasteiger partial charge < -0.3 is 15.5 Å². The molecular formula is C16H9Cl2FN2O3. The Hall–Kier alpha value is -2.57. The number of primary amides is 1. The van der Waals surface area contributed by atoms with E-state index in [9.17, 15) is 14.0 Å². The molecule has 1 aromatic heterocycles. The molecule has 5 nitrogen and oxygen atoms in total. The number of carbonyl (C=O) groups is 2. The van der Waals surface area contributed by atoms with Gasteiger partial charge in [-0.15, -0.1) is 0 Å². The summed E-state index contributed by atoms with van der Waals surface area (Å²) in [6.45, 7) is 0. The highest BCUT2D eigenvalue weighted by Gasteiger charge is 2.21. The van der Waals surface area contributed by atoms with Crippen LogP contribution in [0.1, 0.15) is 20.9 Å². The van der Waals surface area contributed by atoms with Gasteiger partial charge in [-0.05, 0) is 30.3 Å². The number of hydrogen-bond donors (Lipinski definition) is 2. The number of nitrogens with one attached hydrogen (secondary N) is 1. The average molecular weight is 367 g/mol. The summed E-state index contributed by atoms with van der Waals surface area (Å²) in [4.78, 5) is 23.9. The normalized spacial score (nSPS) is 10.8. The Morgan fingerprint density at radius 2 is 1.88 bits per heavy atom. The van der Waals surface area contributed by atoms with E-state index in [2.05, 4.69) is 5.32 Å². The van der Waals surface area contributed by atoms with Crippen LogP contribution >= 0.6 is 23.2 Å². The number of furan rings is 1. The largest absolute Gasteiger partial charge is 0.449 e. The van der Waals surface area contributed by atoms with E-state index in [0.717, 1.165) is 6.07 Å². The van der Waals surface area contributed by atoms with Crippen LogP contribution in [0.15, 0.2) is 40.8 Å². The van der Waals surface area contributed by atoms with Crippen molar-refractivity contribution in [3.8, 4) is 0 Å². The topological polar surface area (TPSA) is 85.3 Å². The highest BCUT2D eigenvalue weighted by Crippen LogP contribution is 2.33. The Labute approximate surface area is 145 Å². The minimum Gasteiger partial charge on any atom is -0.449 e. The number of nitrogens with two attached hydrogens (primary N) is 1. The van der Waals surface area contributed by atoms with Gasteiger partial charge in [-0.25, -0.2) is 4.39 Å². The highest BCUT2D eigenvalue weighted by atomic mass is 35.5. The first-order valence-electron chi connectivity index (χ1n) is 6.65. The van der Waals surface area contributed by atoms with Crippen molar-refractivity contribution in [2.24, 2.45) is 5.73 Å². The van der Waals surface area contributed by atoms with Crippen LogP contribution in [0.5, 0.6) is 0 Å². The Morgan fingerprint density at radius 1 is 1.12 bits per heavy atom. The van der Waals surface area contributed by atoms with Gasteiger partial charge in [0.15, 0.2) is 0 Å². The molecule has 0 aliphatic heterocycles. The second kappa shape index (κ2) is 6.14. The molecule has 0 aliphatic rings. The number of halogens is 3. The Morgan fingerprint density at radius 3 is 2.54 bits per heavy atom. The zero-order valence-electron chi connectivity index (χ0n) is 11.9. The smallest absolute Gasteiger partial charge is 0.286 e. The number of fused-ring (bicyclic) bond motifs is 1. The first kappa shape index (κ1) is 16.3. The summed E-state index contributed by atoms with van der Waals surface area (Å²) in [5.74, 6) is -2.31.